The number of oxazole rings is 2. The van der Waals surface area contributed by atoms with Crippen molar-refractivity contribution in [2.45, 2.75) is 104 Å². The van der Waals surface area contributed by atoms with Crippen molar-refractivity contribution in [1.82, 2.24) is 19.8 Å². The molecule has 2 saturated heterocycles. The Balaban J connectivity index is 0.000000221. The summed E-state index contributed by atoms with van der Waals surface area (Å²) in [6.45, 7) is 17.5. The Labute approximate surface area is 446 Å². The highest BCUT2D eigenvalue weighted by molar-refractivity contribution is 5.72. The molecule has 2 aliphatic heterocycles. The molecule has 8 rings (SSSR count). The van der Waals surface area contributed by atoms with Crippen molar-refractivity contribution in [3.8, 4) is 34.4 Å². The van der Waals surface area contributed by atoms with Crippen molar-refractivity contribution in [3.63, 3.8) is 0 Å². The smallest absolute Gasteiger partial charge is 0.410 e. The molecule has 4 heterocycles. The van der Waals surface area contributed by atoms with Gasteiger partial charge in [-0.1, -0.05) is 60.7 Å². The lowest BCUT2D eigenvalue weighted by Gasteiger charge is -2.24. The molecular formula is C60H72N4O12. The second-order valence-corrected chi connectivity index (χ2v) is 21.2. The zero-order valence-corrected chi connectivity index (χ0v) is 45.5. The molecule has 2 fully saturated rings. The molecule has 0 N–H and O–H groups in total. The number of amides is 2. The second kappa shape index (κ2) is 25.3. The molecule has 4 atom stereocenters. The fourth-order valence-corrected chi connectivity index (χ4v) is 9.39. The number of carbonyl (C=O) groups is 4. The SMILES string of the molecule is COC(=O)C[C@@H]1CN(C(=O)OC(C)(C)C)C[C@@H]1c1cccc(OCCc2nc(-c3ccccc3)oc2C)c1.COC(=O)C[C@H]1CN(C(=O)OC(C)(C)C)C[C@H]1c1cccc(OCCc2nc(-c3ccccc3)oc2C)c1. The second-order valence-electron chi connectivity index (χ2n) is 21.2. The number of ether oxygens (including phenoxy) is 6. The van der Waals surface area contributed by atoms with Gasteiger partial charge in [-0.3, -0.25) is 9.59 Å². The van der Waals surface area contributed by atoms with E-state index in [1.165, 1.54) is 14.2 Å². The van der Waals surface area contributed by atoms with Gasteiger partial charge >= 0.3 is 24.1 Å². The molecule has 0 spiro atoms. The number of hydrogen-bond acceptors (Lipinski definition) is 14. The van der Waals surface area contributed by atoms with Crippen LogP contribution in [0.25, 0.3) is 22.9 Å². The fraction of sp³-hybridized carbons (Fsp3) is 0.433. The van der Waals surface area contributed by atoms with Crippen molar-refractivity contribution < 1.29 is 56.4 Å². The summed E-state index contributed by atoms with van der Waals surface area (Å²) in [5, 5.41) is 0. The van der Waals surface area contributed by atoms with Gasteiger partial charge in [-0.2, -0.15) is 0 Å². The number of aryl methyl sites for hydroxylation is 2. The highest BCUT2D eigenvalue weighted by Gasteiger charge is 2.41. The van der Waals surface area contributed by atoms with Crippen LogP contribution in [-0.2, 0) is 41.4 Å². The number of benzene rings is 4. The monoisotopic (exact) mass is 1040 g/mol. The van der Waals surface area contributed by atoms with E-state index in [4.69, 9.17) is 37.3 Å². The van der Waals surface area contributed by atoms with Crippen LogP contribution in [0.15, 0.2) is 118 Å². The number of likely N-dealkylation sites (tertiary alicyclic amines) is 2. The van der Waals surface area contributed by atoms with E-state index in [9.17, 15) is 19.2 Å². The topological polar surface area (TPSA) is 182 Å². The Morgan fingerprint density at radius 2 is 0.921 bits per heavy atom. The van der Waals surface area contributed by atoms with Gasteiger partial charge in [0.05, 0.1) is 51.7 Å². The van der Waals surface area contributed by atoms with Crippen LogP contribution in [0.3, 0.4) is 0 Å². The zero-order chi connectivity index (χ0) is 54.6. The highest BCUT2D eigenvalue weighted by atomic mass is 16.6. The van der Waals surface area contributed by atoms with E-state index < -0.39 is 11.2 Å². The van der Waals surface area contributed by atoms with Crippen molar-refractivity contribution >= 4 is 24.1 Å². The Morgan fingerprint density at radius 3 is 1.28 bits per heavy atom. The van der Waals surface area contributed by atoms with Crippen LogP contribution >= 0.6 is 0 Å². The zero-order valence-electron chi connectivity index (χ0n) is 45.5. The average Bonchev–Trinajstić information content (AvgIpc) is 4.20. The first-order chi connectivity index (χ1) is 36.2. The number of methoxy groups -OCH3 is 2. The molecule has 0 saturated carbocycles. The molecule has 404 valence electrons. The van der Waals surface area contributed by atoms with Crippen LogP contribution in [0.2, 0.25) is 0 Å². The summed E-state index contributed by atoms with van der Waals surface area (Å²) in [5.74, 6) is 3.36. The maximum Gasteiger partial charge on any atom is 0.410 e. The van der Waals surface area contributed by atoms with Crippen molar-refractivity contribution in [1.29, 1.82) is 0 Å². The Bertz CT molecular complexity index is 2690. The molecule has 0 aliphatic carbocycles. The van der Waals surface area contributed by atoms with Gasteiger partial charge in [0, 0.05) is 62.0 Å². The highest BCUT2D eigenvalue weighted by Crippen LogP contribution is 2.39. The van der Waals surface area contributed by atoms with Crippen LogP contribution in [0, 0.1) is 25.7 Å². The number of aromatic nitrogens is 2. The predicted octanol–water partition coefficient (Wildman–Crippen LogP) is 11.6. The fourth-order valence-electron chi connectivity index (χ4n) is 9.39. The van der Waals surface area contributed by atoms with Gasteiger partial charge in [-0.25, -0.2) is 19.6 Å². The molecule has 6 aromatic rings. The summed E-state index contributed by atoms with van der Waals surface area (Å²) in [6.07, 6.45) is 0.905. The molecule has 0 radical (unpaired) electrons. The van der Waals surface area contributed by atoms with Gasteiger partial charge in [0.1, 0.15) is 34.2 Å². The molecule has 0 unspecified atom stereocenters. The summed E-state index contributed by atoms with van der Waals surface area (Å²) in [5.41, 5.74) is 4.43. The quantitative estimate of drug-likeness (QED) is 0.0659. The number of nitrogens with zero attached hydrogens (tertiary/aromatic N) is 4. The van der Waals surface area contributed by atoms with E-state index in [1.54, 1.807) is 9.80 Å². The van der Waals surface area contributed by atoms with E-state index in [-0.39, 0.29) is 60.6 Å². The molecule has 16 nitrogen and oxygen atoms in total. The first kappa shape index (κ1) is 56.1. The minimum atomic E-state index is -0.592. The summed E-state index contributed by atoms with van der Waals surface area (Å²) >= 11 is 0. The van der Waals surface area contributed by atoms with Crippen LogP contribution in [0.1, 0.15) is 100 Å². The average molecular weight is 1040 g/mol. The Morgan fingerprint density at radius 1 is 0.539 bits per heavy atom. The third kappa shape index (κ3) is 15.7. The minimum Gasteiger partial charge on any atom is -0.493 e. The molecule has 0 bridgehead atoms. The largest absolute Gasteiger partial charge is 0.493 e. The van der Waals surface area contributed by atoms with E-state index >= 15 is 0 Å². The van der Waals surface area contributed by atoms with Gasteiger partial charge < -0.3 is 47.1 Å². The summed E-state index contributed by atoms with van der Waals surface area (Å²) in [6, 6.07) is 35.3. The van der Waals surface area contributed by atoms with E-state index in [0.717, 1.165) is 56.7 Å². The standard InChI is InChI=1S/2C30H36N2O6/c2*1-20-26(31-28(37-20)21-10-7-6-8-11-21)14-15-36-24-13-9-12-22(16-24)25-19-32(29(34)38-30(2,3)4)18-23(25)17-27(33)35-5/h2*6-13,16,23,25H,14-15,17-19H2,1-5H3/t2*23-,25-/m10/s1. The van der Waals surface area contributed by atoms with Crippen molar-refractivity contribution in [2.24, 2.45) is 11.8 Å². The van der Waals surface area contributed by atoms with Gasteiger partial charge in [0.25, 0.3) is 0 Å². The van der Waals surface area contributed by atoms with E-state index in [1.807, 2.05) is 165 Å². The van der Waals surface area contributed by atoms with Gasteiger partial charge in [-0.15, -0.1) is 0 Å². The lowest BCUT2D eigenvalue weighted by Crippen LogP contribution is -2.35. The van der Waals surface area contributed by atoms with E-state index in [0.29, 0.717) is 64.0 Å². The maximum absolute atomic E-state index is 12.8. The molecule has 16 heteroatoms. The van der Waals surface area contributed by atoms with Crippen LogP contribution in [0.5, 0.6) is 11.5 Å². The summed E-state index contributed by atoms with van der Waals surface area (Å²) in [4.78, 5) is 62.4. The number of hydrogen-bond donors (Lipinski definition) is 0. The van der Waals surface area contributed by atoms with E-state index in [2.05, 4.69) is 9.97 Å². The normalized spacial score (nSPS) is 17.3. The molecule has 2 aromatic heterocycles. The lowest BCUT2D eigenvalue weighted by atomic mass is 9.87. The Hall–Kier alpha value is -7.62. The molecular weight excluding hydrogens is 969 g/mol. The lowest BCUT2D eigenvalue weighted by molar-refractivity contribution is -0.142. The summed E-state index contributed by atoms with van der Waals surface area (Å²) < 4.78 is 44.9. The number of carbonyl (C=O) groups excluding carboxylic acids is 4. The van der Waals surface area contributed by atoms with Crippen LogP contribution in [0.4, 0.5) is 9.59 Å². The first-order valence-corrected chi connectivity index (χ1v) is 25.8. The number of esters is 2. The van der Waals surface area contributed by atoms with Gasteiger partial charge in [0.15, 0.2) is 0 Å². The molecule has 4 aromatic carbocycles. The molecule has 76 heavy (non-hydrogen) atoms. The van der Waals surface area contributed by atoms with Crippen LogP contribution < -0.4 is 9.47 Å². The van der Waals surface area contributed by atoms with Crippen LogP contribution in [-0.4, -0.2) is 109 Å². The summed E-state index contributed by atoms with van der Waals surface area (Å²) in [7, 11) is 2.76. The first-order valence-electron chi connectivity index (χ1n) is 25.8. The molecule has 2 aliphatic rings. The van der Waals surface area contributed by atoms with Gasteiger partial charge in [-0.05, 0) is 127 Å². The van der Waals surface area contributed by atoms with Crippen molar-refractivity contribution in [2.75, 3.05) is 53.6 Å². The van der Waals surface area contributed by atoms with Crippen molar-refractivity contribution in [3.05, 3.63) is 143 Å². The Kier molecular flexibility index (Phi) is 18.7. The van der Waals surface area contributed by atoms with Gasteiger partial charge in [0.2, 0.25) is 11.8 Å². The minimum absolute atomic E-state index is 0.0450. The third-order valence-corrected chi connectivity index (χ3v) is 13.1. The molecule has 2 amide bonds. The number of rotatable bonds is 16. The maximum atomic E-state index is 12.8. The predicted molar refractivity (Wildman–Crippen MR) is 286 cm³/mol. The third-order valence-electron chi connectivity index (χ3n) is 13.1.